The number of carbonyl (C=O) groups is 3. The summed E-state index contributed by atoms with van der Waals surface area (Å²) in [5, 5.41) is 20.3. The Labute approximate surface area is 192 Å². The molecule has 7 heteroatoms. The molecule has 1 aliphatic rings. The summed E-state index contributed by atoms with van der Waals surface area (Å²) in [4.78, 5) is 36.0. The third-order valence-electron chi connectivity index (χ3n) is 5.20. The third kappa shape index (κ3) is 5.38. The van der Waals surface area contributed by atoms with E-state index in [4.69, 9.17) is 10.2 Å². The number of unbranched alkanes of at least 4 members (excludes halogenated alkanes) is 1. The lowest BCUT2D eigenvalue weighted by Gasteiger charge is -2.27. The lowest BCUT2D eigenvalue weighted by atomic mass is 10.0. The number of hydrogen-bond donors (Lipinski definition) is 2. The number of aromatic carboxylic acids is 1. The van der Waals surface area contributed by atoms with Crippen LogP contribution in [-0.2, 0) is 9.59 Å². The van der Waals surface area contributed by atoms with Gasteiger partial charge in [0.15, 0.2) is 0 Å². The molecule has 4 rings (SSSR count). The van der Waals surface area contributed by atoms with Crippen LogP contribution in [0.1, 0.15) is 36.5 Å². The summed E-state index contributed by atoms with van der Waals surface area (Å²) in [6.45, 7) is 2.06. The van der Waals surface area contributed by atoms with Gasteiger partial charge in [0.25, 0.3) is 11.8 Å². The number of amides is 2. The van der Waals surface area contributed by atoms with Crippen LogP contribution >= 0.6 is 0 Å². The number of aromatic hydroxyl groups is 1. The fraction of sp³-hybridized carbons (Fsp3) is 0.192. The van der Waals surface area contributed by atoms with Crippen molar-refractivity contribution >= 4 is 29.2 Å². The molecule has 0 atom stereocenters. The summed E-state index contributed by atoms with van der Waals surface area (Å²) in [6, 6.07) is 24.5. The summed E-state index contributed by atoms with van der Waals surface area (Å²) in [5.74, 6) is -2.18. The molecule has 7 nitrogen and oxygen atoms in total. The van der Waals surface area contributed by atoms with Crippen LogP contribution in [0.3, 0.4) is 0 Å². The highest BCUT2D eigenvalue weighted by Gasteiger charge is 2.46. The second kappa shape index (κ2) is 10.9. The zero-order valence-corrected chi connectivity index (χ0v) is 18.3. The first-order valence-electron chi connectivity index (χ1n) is 10.7. The zero-order valence-electron chi connectivity index (χ0n) is 18.3. The number of hydrazine groups is 1. The number of benzene rings is 3. The third-order valence-corrected chi connectivity index (χ3v) is 5.20. The van der Waals surface area contributed by atoms with Crippen LogP contribution < -0.4 is 10.0 Å². The van der Waals surface area contributed by atoms with Crippen LogP contribution in [0.15, 0.2) is 84.9 Å². The Morgan fingerprint density at radius 2 is 1.24 bits per heavy atom. The molecule has 0 unspecified atom stereocenters. The van der Waals surface area contributed by atoms with Crippen LogP contribution in [0.4, 0.5) is 11.4 Å². The predicted molar refractivity (Wildman–Crippen MR) is 126 cm³/mol. The van der Waals surface area contributed by atoms with E-state index in [1.807, 2.05) is 60.7 Å². The topological polar surface area (TPSA) is 98.2 Å². The molecule has 2 N–H and O–H groups in total. The van der Waals surface area contributed by atoms with Gasteiger partial charge in [-0.25, -0.2) is 14.8 Å². The molecule has 1 saturated heterocycles. The molecule has 33 heavy (non-hydrogen) atoms. The number of rotatable bonds is 6. The number of carboxylic acids is 1. The van der Waals surface area contributed by atoms with Gasteiger partial charge in [-0.2, -0.15) is 0 Å². The fourth-order valence-corrected chi connectivity index (χ4v) is 3.53. The van der Waals surface area contributed by atoms with E-state index in [-0.39, 0.29) is 23.1 Å². The molecule has 1 fully saturated rings. The molecule has 0 aromatic heterocycles. The second-order valence-corrected chi connectivity index (χ2v) is 7.49. The van der Waals surface area contributed by atoms with E-state index in [0.717, 1.165) is 12.8 Å². The second-order valence-electron chi connectivity index (χ2n) is 7.49. The summed E-state index contributed by atoms with van der Waals surface area (Å²) in [7, 11) is 0. The first kappa shape index (κ1) is 23.5. The molecule has 0 spiro atoms. The molecular weight excluding hydrogens is 420 g/mol. The van der Waals surface area contributed by atoms with E-state index in [1.165, 1.54) is 22.2 Å². The summed E-state index contributed by atoms with van der Waals surface area (Å²) in [5.41, 5.74) is 1.37. The van der Waals surface area contributed by atoms with Gasteiger partial charge in [0.2, 0.25) is 0 Å². The average molecular weight is 447 g/mol. The van der Waals surface area contributed by atoms with Gasteiger partial charge in [0.05, 0.1) is 11.4 Å². The maximum Gasteiger partial charge on any atom is 0.339 e. The van der Waals surface area contributed by atoms with Crippen molar-refractivity contribution in [3.8, 4) is 5.75 Å². The minimum Gasteiger partial charge on any atom is -0.507 e. The lowest BCUT2D eigenvalue weighted by molar-refractivity contribution is -0.127. The largest absolute Gasteiger partial charge is 0.507 e. The molecule has 2 amide bonds. The maximum absolute atomic E-state index is 12.9. The van der Waals surface area contributed by atoms with Gasteiger partial charge >= 0.3 is 5.97 Å². The van der Waals surface area contributed by atoms with Gasteiger partial charge in [0, 0.05) is 0 Å². The Kier molecular flexibility index (Phi) is 7.81. The zero-order chi connectivity index (χ0) is 23.8. The molecular formula is C26H26N2O5. The number of anilines is 2. The van der Waals surface area contributed by atoms with Crippen LogP contribution in [-0.4, -0.2) is 28.0 Å². The van der Waals surface area contributed by atoms with Gasteiger partial charge in [-0.05, 0) is 42.8 Å². The van der Waals surface area contributed by atoms with E-state index in [9.17, 15) is 14.4 Å². The molecule has 170 valence electrons. The maximum atomic E-state index is 12.9. The standard InChI is InChI=1S/C19H20N2O2.C7H6O3/c1-2-3-14-17-18(22)20(15-10-6-4-7-11-15)21(19(17)23)16-12-8-5-9-13-16;8-6-4-2-1-3-5(6)7(9)10/h4-13,17H,2-3,14H2,1H3;1-4,8H,(H,9,10). The number of phenols is 1. The van der Waals surface area contributed by atoms with Crippen molar-refractivity contribution in [2.24, 2.45) is 5.92 Å². The molecule has 0 aliphatic carbocycles. The highest BCUT2D eigenvalue weighted by Crippen LogP contribution is 2.33. The normalized spacial score (nSPS) is 13.6. The average Bonchev–Trinajstić information content (AvgIpc) is 3.08. The van der Waals surface area contributed by atoms with Crippen LogP contribution in [0.2, 0.25) is 0 Å². The first-order chi connectivity index (χ1) is 16.0. The predicted octanol–water partition coefficient (Wildman–Crippen LogP) is 4.88. The molecule has 3 aromatic rings. The molecule has 1 heterocycles. The Balaban J connectivity index is 0.000000257. The summed E-state index contributed by atoms with van der Waals surface area (Å²) >= 11 is 0. The van der Waals surface area contributed by atoms with Gasteiger partial charge in [0.1, 0.15) is 17.2 Å². The molecule has 3 aromatic carbocycles. The fourth-order valence-electron chi connectivity index (χ4n) is 3.53. The quantitative estimate of drug-likeness (QED) is 0.526. The Bertz CT molecular complexity index is 1040. The van der Waals surface area contributed by atoms with Crippen molar-refractivity contribution in [3.63, 3.8) is 0 Å². The Morgan fingerprint density at radius 1 is 0.788 bits per heavy atom. The van der Waals surface area contributed by atoms with E-state index in [2.05, 4.69) is 6.92 Å². The number of carbonyl (C=O) groups excluding carboxylic acids is 2. The summed E-state index contributed by atoms with van der Waals surface area (Å²) in [6.07, 6.45) is 2.43. The van der Waals surface area contributed by atoms with Crippen molar-refractivity contribution in [2.45, 2.75) is 26.2 Å². The van der Waals surface area contributed by atoms with E-state index >= 15 is 0 Å². The van der Waals surface area contributed by atoms with Crippen molar-refractivity contribution in [1.29, 1.82) is 0 Å². The molecule has 1 aliphatic heterocycles. The molecule has 0 bridgehead atoms. The van der Waals surface area contributed by atoms with Gasteiger partial charge in [-0.1, -0.05) is 68.3 Å². The van der Waals surface area contributed by atoms with Crippen molar-refractivity contribution in [3.05, 3.63) is 90.5 Å². The monoisotopic (exact) mass is 446 g/mol. The number of carboxylic acid groups (broad SMARTS) is 1. The van der Waals surface area contributed by atoms with Crippen LogP contribution in [0.25, 0.3) is 0 Å². The Morgan fingerprint density at radius 3 is 1.64 bits per heavy atom. The minimum atomic E-state index is -1.11. The highest BCUT2D eigenvalue weighted by molar-refractivity contribution is 6.22. The Hall–Kier alpha value is -4.13. The van der Waals surface area contributed by atoms with Crippen LogP contribution in [0, 0.1) is 5.92 Å². The molecule has 0 saturated carbocycles. The van der Waals surface area contributed by atoms with Crippen molar-refractivity contribution < 1.29 is 24.6 Å². The highest BCUT2D eigenvalue weighted by atomic mass is 16.4. The number of nitrogens with zero attached hydrogens (tertiary/aromatic N) is 2. The van der Waals surface area contributed by atoms with Gasteiger partial charge in [-0.15, -0.1) is 0 Å². The van der Waals surface area contributed by atoms with E-state index < -0.39 is 11.9 Å². The van der Waals surface area contributed by atoms with Gasteiger partial charge in [-0.3, -0.25) is 9.59 Å². The number of hydrogen-bond acceptors (Lipinski definition) is 4. The van der Waals surface area contributed by atoms with Crippen LogP contribution in [0.5, 0.6) is 5.75 Å². The van der Waals surface area contributed by atoms with E-state index in [0.29, 0.717) is 17.8 Å². The SMILES string of the molecule is CCCCC1C(=O)N(c2ccccc2)N(c2ccccc2)C1=O.O=C(O)c1ccccc1O. The lowest BCUT2D eigenvalue weighted by Crippen LogP contribution is -2.41. The smallest absolute Gasteiger partial charge is 0.339 e. The summed E-state index contributed by atoms with van der Waals surface area (Å²) < 4.78 is 0. The van der Waals surface area contributed by atoms with Crippen molar-refractivity contribution in [2.75, 3.05) is 10.0 Å². The van der Waals surface area contributed by atoms with Crippen molar-refractivity contribution in [1.82, 2.24) is 0 Å². The first-order valence-corrected chi connectivity index (χ1v) is 10.7. The van der Waals surface area contributed by atoms with Gasteiger partial charge < -0.3 is 10.2 Å². The van der Waals surface area contributed by atoms with E-state index in [1.54, 1.807) is 12.1 Å². The molecule has 0 radical (unpaired) electrons. The number of para-hydroxylation sites is 3. The minimum absolute atomic E-state index is 0.0671.